The number of thiophene rings is 1. The molecule has 0 unspecified atom stereocenters. The number of aryl methyl sites for hydroxylation is 1. The number of para-hydroxylation sites is 1. The molecule has 0 bridgehead atoms. The summed E-state index contributed by atoms with van der Waals surface area (Å²) < 4.78 is 5.65. The van der Waals surface area contributed by atoms with Crippen molar-refractivity contribution in [2.24, 2.45) is 0 Å². The fraction of sp³-hybridized carbons (Fsp3) is 0.379. The quantitative estimate of drug-likeness (QED) is 0.507. The van der Waals surface area contributed by atoms with Gasteiger partial charge in [-0.05, 0) is 60.5 Å². The lowest BCUT2D eigenvalue weighted by molar-refractivity contribution is -0.144. The number of piperazine rings is 1. The average molecular weight is 504 g/mol. The van der Waals surface area contributed by atoms with Crippen LogP contribution in [0.15, 0.2) is 66.0 Å². The van der Waals surface area contributed by atoms with Gasteiger partial charge in [-0.25, -0.2) is 0 Å². The molecule has 0 radical (unpaired) electrons. The summed E-state index contributed by atoms with van der Waals surface area (Å²) in [7, 11) is 0. The number of hydrogen-bond donors (Lipinski definition) is 0. The van der Waals surface area contributed by atoms with Crippen molar-refractivity contribution in [1.82, 2.24) is 14.7 Å². The summed E-state index contributed by atoms with van der Waals surface area (Å²) in [4.78, 5) is 33.8. The van der Waals surface area contributed by atoms with Crippen LogP contribution in [0.4, 0.5) is 0 Å². The van der Waals surface area contributed by atoms with E-state index in [2.05, 4.69) is 47.5 Å². The second-order valence-corrected chi connectivity index (χ2v) is 10.7. The van der Waals surface area contributed by atoms with E-state index in [1.165, 1.54) is 21.6 Å². The van der Waals surface area contributed by atoms with Gasteiger partial charge in [-0.15, -0.1) is 11.3 Å². The predicted octanol–water partition coefficient (Wildman–Crippen LogP) is 4.14. The first-order valence-corrected chi connectivity index (χ1v) is 13.5. The molecule has 2 aromatic carbocycles. The van der Waals surface area contributed by atoms with E-state index in [9.17, 15) is 9.59 Å². The highest BCUT2D eigenvalue weighted by Crippen LogP contribution is 2.38. The standard InChI is InChI=1S/C29H33N3O3S/c1-21-8-6-7-11-24(21)29-25-13-17-36-26(25)12-14-31(29)19-27(33)30-15-16-32(22(2)18-30)28(34)20-35-23-9-4-3-5-10-23/h3-11,13,17,22,29H,12,14-16,18-20H2,1-2H3/t22-,29-/m1/s1. The molecular weight excluding hydrogens is 470 g/mol. The Labute approximate surface area is 217 Å². The van der Waals surface area contributed by atoms with Crippen LogP contribution in [0.5, 0.6) is 5.75 Å². The van der Waals surface area contributed by atoms with E-state index in [-0.39, 0.29) is 30.5 Å². The van der Waals surface area contributed by atoms with Crippen molar-refractivity contribution in [2.75, 3.05) is 39.3 Å². The highest BCUT2D eigenvalue weighted by Gasteiger charge is 2.35. The van der Waals surface area contributed by atoms with E-state index >= 15 is 0 Å². The van der Waals surface area contributed by atoms with Crippen LogP contribution >= 0.6 is 11.3 Å². The zero-order valence-corrected chi connectivity index (χ0v) is 21.7. The zero-order valence-electron chi connectivity index (χ0n) is 20.9. The van der Waals surface area contributed by atoms with Gasteiger partial charge in [0, 0.05) is 37.1 Å². The third-order valence-corrected chi connectivity index (χ3v) is 8.29. The second kappa shape index (κ2) is 10.8. The molecule has 6 nitrogen and oxygen atoms in total. The van der Waals surface area contributed by atoms with E-state index in [0.29, 0.717) is 31.9 Å². The van der Waals surface area contributed by atoms with Gasteiger partial charge < -0.3 is 14.5 Å². The van der Waals surface area contributed by atoms with E-state index < -0.39 is 0 Å². The summed E-state index contributed by atoms with van der Waals surface area (Å²) in [5.41, 5.74) is 3.85. The van der Waals surface area contributed by atoms with Crippen molar-refractivity contribution in [3.63, 3.8) is 0 Å². The van der Waals surface area contributed by atoms with E-state index in [0.717, 1.165) is 13.0 Å². The molecule has 36 heavy (non-hydrogen) atoms. The second-order valence-electron chi connectivity index (χ2n) is 9.66. The molecular formula is C29H33N3O3S. The average Bonchev–Trinajstić information content (AvgIpc) is 3.37. The summed E-state index contributed by atoms with van der Waals surface area (Å²) in [5.74, 6) is 0.775. The Kier molecular flexibility index (Phi) is 7.39. The minimum atomic E-state index is -0.0495. The molecule has 0 aliphatic carbocycles. The fourth-order valence-corrected chi connectivity index (χ4v) is 6.27. The van der Waals surface area contributed by atoms with E-state index in [4.69, 9.17) is 4.74 Å². The topological polar surface area (TPSA) is 53.1 Å². The fourth-order valence-electron chi connectivity index (χ4n) is 5.37. The van der Waals surface area contributed by atoms with Gasteiger partial charge in [0.1, 0.15) is 5.75 Å². The van der Waals surface area contributed by atoms with E-state index in [1.807, 2.05) is 58.4 Å². The van der Waals surface area contributed by atoms with E-state index in [1.54, 1.807) is 0 Å². The summed E-state index contributed by atoms with van der Waals surface area (Å²) in [6.07, 6.45) is 0.975. The molecule has 5 rings (SSSR count). The lowest BCUT2D eigenvalue weighted by atomic mass is 9.90. The van der Waals surface area contributed by atoms with Crippen LogP contribution in [0, 0.1) is 6.92 Å². The summed E-state index contributed by atoms with van der Waals surface area (Å²) in [5, 5.41) is 2.17. The number of fused-ring (bicyclic) bond motifs is 1. The number of carbonyl (C=O) groups is 2. The van der Waals surface area contributed by atoms with Crippen molar-refractivity contribution in [3.05, 3.63) is 87.6 Å². The van der Waals surface area contributed by atoms with Crippen LogP contribution < -0.4 is 4.74 Å². The van der Waals surface area contributed by atoms with Crippen molar-refractivity contribution >= 4 is 23.2 Å². The maximum Gasteiger partial charge on any atom is 0.260 e. The minimum Gasteiger partial charge on any atom is -0.484 e. The van der Waals surface area contributed by atoms with Crippen LogP contribution in [0.2, 0.25) is 0 Å². The third kappa shape index (κ3) is 5.18. The Bertz CT molecular complexity index is 1210. The number of hydrogen-bond acceptors (Lipinski definition) is 5. The molecule has 0 N–H and O–H groups in total. The molecule has 2 aliphatic rings. The van der Waals surface area contributed by atoms with Crippen molar-refractivity contribution < 1.29 is 14.3 Å². The first-order chi connectivity index (χ1) is 17.5. The first-order valence-electron chi connectivity index (χ1n) is 12.6. The van der Waals surface area contributed by atoms with Crippen molar-refractivity contribution in [1.29, 1.82) is 0 Å². The van der Waals surface area contributed by atoms with Crippen LogP contribution in [0.1, 0.15) is 34.5 Å². The number of ether oxygens (including phenoxy) is 1. The van der Waals surface area contributed by atoms with Gasteiger partial charge in [0.05, 0.1) is 12.6 Å². The van der Waals surface area contributed by atoms with Crippen LogP contribution in [0.3, 0.4) is 0 Å². The van der Waals surface area contributed by atoms with Crippen LogP contribution in [-0.2, 0) is 16.0 Å². The maximum absolute atomic E-state index is 13.5. The minimum absolute atomic E-state index is 0.0111. The van der Waals surface area contributed by atoms with Crippen LogP contribution in [0.25, 0.3) is 0 Å². The molecule has 0 saturated carbocycles. The van der Waals surface area contributed by atoms with Gasteiger partial charge >= 0.3 is 0 Å². The third-order valence-electron chi connectivity index (χ3n) is 7.29. The van der Waals surface area contributed by atoms with Gasteiger partial charge in [0.15, 0.2) is 6.61 Å². The summed E-state index contributed by atoms with van der Waals surface area (Å²) in [6.45, 7) is 7.03. The summed E-state index contributed by atoms with van der Waals surface area (Å²) >= 11 is 1.81. The van der Waals surface area contributed by atoms with Gasteiger partial charge in [0.25, 0.3) is 5.91 Å². The molecule has 1 saturated heterocycles. The number of benzene rings is 2. The molecule has 7 heteroatoms. The molecule has 188 valence electrons. The lowest BCUT2D eigenvalue weighted by Gasteiger charge is -2.42. The van der Waals surface area contributed by atoms with Gasteiger partial charge in [-0.3, -0.25) is 14.5 Å². The molecule has 3 heterocycles. The lowest BCUT2D eigenvalue weighted by Crippen LogP contribution is -2.57. The highest BCUT2D eigenvalue weighted by molar-refractivity contribution is 7.10. The first kappa shape index (κ1) is 24.5. The van der Waals surface area contributed by atoms with Gasteiger partial charge in [-0.1, -0.05) is 42.5 Å². The monoisotopic (exact) mass is 503 g/mol. The van der Waals surface area contributed by atoms with Gasteiger partial charge in [0.2, 0.25) is 5.91 Å². The number of amides is 2. The largest absolute Gasteiger partial charge is 0.484 e. The molecule has 2 amide bonds. The summed E-state index contributed by atoms with van der Waals surface area (Å²) in [6, 6.07) is 20.1. The SMILES string of the molecule is Cc1ccccc1[C@@H]1c2ccsc2CCN1CC(=O)N1CCN(C(=O)COc2ccccc2)[C@H](C)C1. The van der Waals surface area contributed by atoms with Gasteiger partial charge in [-0.2, -0.15) is 0 Å². The molecule has 2 atom stereocenters. The van der Waals surface area contributed by atoms with Crippen LogP contribution in [-0.4, -0.2) is 71.9 Å². The molecule has 1 aromatic heterocycles. The molecule has 0 spiro atoms. The molecule has 2 aliphatic heterocycles. The predicted molar refractivity (Wildman–Crippen MR) is 142 cm³/mol. The smallest absolute Gasteiger partial charge is 0.260 e. The number of nitrogens with zero attached hydrogens (tertiary/aromatic N) is 3. The van der Waals surface area contributed by atoms with Crippen molar-refractivity contribution in [3.8, 4) is 5.75 Å². The zero-order chi connectivity index (χ0) is 25.1. The Hall–Kier alpha value is -3.16. The normalized spacial score (nSPS) is 20.2. The molecule has 1 fully saturated rings. The Balaban J connectivity index is 1.22. The molecule has 3 aromatic rings. The Morgan fingerprint density at radius 3 is 2.50 bits per heavy atom. The Morgan fingerprint density at radius 2 is 1.72 bits per heavy atom. The highest BCUT2D eigenvalue weighted by atomic mass is 32.1. The number of carbonyl (C=O) groups excluding carboxylic acids is 2. The number of rotatable bonds is 6. The Morgan fingerprint density at radius 1 is 0.944 bits per heavy atom. The maximum atomic E-state index is 13.5. The van der Waals surface area contributed by atoms with Crippen molar-refractivity contribution in [2.45, 2.75) is 32.4 Å².